The van der Waals surface area contributed by atoms with Gasteiger partial charge in [-0.25, -0.2) is 0 Å². The Morgan fingerprint density at radius 1 is 1.20 bits per heavy atom. The highest BCUT2D eigenvalue weighted by Crippen LogP contribution is 2.34. The van der Waals surface area contributed by atoms with Crippen molar-refractivity contribution in [1.29, 1.82) is 0 Å². The first kappa shape index (κ1) is 13.9. The van der Waals surface area contributed by atoms with Crippen molar-refractivity contribution >= 4 is 0 Å². The molecule has 110 valence electrons. The molecule has 20 heavy (non-hydrogen) atoms. The molecule has 2 aliphatic heterocycles. The molecule has 0 aromatic heterocycles. The number of alkyl halides is 3. The largest absolute Gasteiger partial charge is 0.416 e. The van der Waals surface area contributed by atoms with Crippen molar-refractivity contribution in [3.8, 4) is 0 Å². The van der Waals surface area contributed by atoms with Crippen LogP contribution >= 0.6 is 0 Å². The minimum atomic E-state index is -4.26. The van der Waals surface area contributed by atoms with Gasteiger partial charge in [0.2, 0.25) is 0 Å². The highest BCUT2D eigenvalue weighted by molar-refractivity contribution is 5.29. The van der Waals surface area contributed by atoms with Gasteiger partial charge < -0.3 is 5.32 Å². The predicted molar refractivity (Wildman–Crippen MR) is 71.2 cm³/mol. The molecule has 0 bridgehead atoms. The van der Waals surface area contributed by atoms with Gasteiger partial charge in [0.1, 0.15) is 0 Å². The molecule has 2 heterocycles. The number of halogens is 3. The summed E-state index contributed by atoms with van der Waals surface area (Å²) in [6.45, 7) is 3.20. The summed E-state index contributed by atoms with van der Waals surface area (Å²) in [4.78, 5) is 2.22. The first-order valence-electron chi connectivity index (χ1n) is 7.15. The molecule has 2 atom stereocenters. The fourth-order valence-electron chi connectivity index (χ4n) is 3.51. The summed E-state index contributed by atoms with van der Waals surface area (Å²) >= 11 is 0. The van der Waals surface area contributed by atoms with Crippen molar-refractivity contribution in [2.75, 3.05) is 19.6 Å². The molecule has 0 radical (unpaired) electrons. The van der Waals surface area contributed by atoms with Gasteiger partial charge in [0, 0.05) is 19.1 Å². The van der Waals surface area contributed by atoms with Crippen LogP contribution in [0.4, 0.5) is 13.2 Å². The van der Waals surface area contributed by atoms with Crippen LogP contribution in [0.1, 0.15) is 24.0 Å². The summed E-state index contributed by atoms with van der Waals surface area (Å²) < 4.78 is 39.1. The first-order chi connectivity index (χ1) is 9.55. The fraction of sp³-hybridized carbons (Fsp3) is 0.600. The van der Waals surface area contributed by atoms with E-state index in [1.807, 2.05) is 0 Å². The molecule has 5 heteroatoms. The number of piperidine rings is 1. The van der Waals surface area contributed by atoms with Crippen molar-refractivity contribution in [3.63, 3.8) is 0 Å². The molecule has 0 spiro atoms. The Morgan fingerprint density at radius 2 is 2.00 bits per heavy atom. The van der Waals surface area contributed by atoms with E-state index in [2.05, 4.69) is 10.2 Å². The molecule has 3 rings (SSSR count). The number of nitrogens with one attached hydrogen (secondary N) is 1. The Labute approximate surface area is 117 Å². The van der Waals surface area contributed by atoms with Gasteiger partial charge in [-0.2, -0.15) is 13.2 Å². The second-order valence-corrected chi connectivity index (χ2v) is 5.75. The van der Waals surface area contributed by atoms with E-state index in [1.54, 1.807) is 12.1 Å². The van der Waals surface area contributed by atoms with Crippen LogP contribution in [0.2, 0.25) is 0 Å². The van der Waals surface area contributed by atoms with Crippen molar-refractivity contribution in [2.45, 2.75) is 31.6 Å². The quantitative estimate of drug-likeness (QED) is 0.898. The Hall–Kier alpha value is -1.07. The van der Waals surface area contributed by atoms with E-state index in [0.29, 0.717) is 24.1 Å². The van der Waals surface area contributed by atoms with Crippen LogP contribution in [0.5, 0.6) is 0 Å². The number of hydrogen-bond acceptors (Lipinski definition) is 2. The van der Waals surface area contributed by atoms with Crippen LogP contribution in [-0.2, 0) is 12.7 Å². The van der Waals surface area contributed by atoms with E-state index in [-0.39, 0.29) is 0 Å². The summed E-state index contributed by atoms with van der Waals surface area (Å²) in [7, 11) is 0. The number of likely N-dealkylation sites (tertiary alicyclic amines) is 1. The lowest BCUT2D eigenvalue weighted by atomic mass is 9.91. The minimum absolute atomic E-state index is 0.394. The molecule has 2 unspecified atom stereocenters. The molecule has 1 N–H and O–H groups in total. The zero-order valence-corrected chi connectivity index (χ0v) is 11.3. The maximum atomic E-state index is 13.0. The van der Waals surface area contributed by atoms with Crippen molar-refractivity contribution < 1.29 is 13.2 Å². The highest BCUT2D eigenvalue weighted by atomic mass is 19.4. The van der Waals surface area contributed by atoms with Gasteiger partial charge >= 0.3 is 6.18 Å². The van der Waals surface area contributed by atoms with Crippen LogP contribution < -0.4 is 5.32 Å². The van der Waals surface area contributed by atoms with Crippen LogP contribution in [0, 0.1) is 5.92 Å². The molecular weight excluding hydrogens is 265 g/mol. The Balaban J connectivity index is 1.81. The monoisotopic (exact) mass is 284 g/mol. The lowest BCUT2D eigenvalue weighted by Crippen LogP contribution is -2.44. The zero-order valence-electron chi connectivity index (χ0n) is 11.3. The molecule has 1 aromatic carbocycles. The van der Waals surface area contributed by atoms with Crippen molar-refractivity contribution in [3.05, 3.63) is 35.4 Å². The molecule has 1 aromatic rings. The average molecular weight is 284 g/mol. The standard InChI is InChI=1S/C15H19F3N2/c16-15(17,18)13-6-2-1-4-12(13)10-20-7-3-5-11-8-19-9-14(11)20/h1-2,4,6,11,14,19H,3,5,7-10H2. The molecule has 0 saturated carbocycles. The maximum absolute atomic E-state index is 13.0. The van der Waals surface area contributed by atoms with Crippen molar-refractivity contribution in [2.24, 2.45) is 5.92 Å². The topological polar surface area (TPSA) is 15.3 Å². The fourth-order valence-corrected chi connectivity index (χ4v) is 3.51. The van der Waals surface area contributed by atoms with Crippen LogP contribution in [0.25, 0.3) is 0 Å². The SMILES string of the molecule is FC(F)(F)c1ccccc1CN1CCCC2CNCC21. The van der Waals surface area contributed by atoms with E-state index >= 15 is 0 Å². The Kier molecular flexibility index (Phi) is 3.73. The van der Waals surface area contributed by atoms with Gasteiger partial charge in [-0.15, -0.1) is 0 Å². The normalized spacial score (nSPS) is 27.6. The predicted octanol–water partition coefficient (Wildman–Crippen LogP) is 2.89. The second-order valence-electron chi connectivity index (χ2n) is 5.75. The van der Waals surface area contributed by atoms with Gasteiger partial charge in [0.15, 0.2) is 0 Å². The summed E-state index contributed by atoms with van der Waals surface area (Å²) in [5, 5.41) is 3.36. The van der Waals surface area contributed by atoms with E-state index in [1.165, 1.54) is 18.6 Å². The van der Waals surface area contributed by atoms with Gasteiger partial charge in [-0.1, -0.05) is 18.2 Å². The van der Waals surface area contributed by atoms with Crippen molar-refractivity contribution in [1.82, 2.24) is 10.2 Å². The van der Waals surface area contributed by atoms with Gasteiger partial charge in [-0.3, -0.25) is 4.90 Å². The smallest absolute Gasteiger partial charge is 0.315 e. The minimum Gasteiger partial charge on any atom is -0.315 e. The summed E-state index contributed by atoms with van der Waals surface area (Å²) in [6.07, 6.45) is -1.99. The third kappa shape index (κ3) is 2.69. The summed E-state index contributed by atoms with van der Waals surface area (Å²) in [5.74, 6) is 0.599. The Morgan fingerprint density at radius 3 is 2.80 bits per heavy atom. The third-order valence-corrected chi connectivity index (χ3v) is 4.49. The van der Waals surface area contributed by atoms with E-state index < -0.39 is 11.7 Å². The van der Waals surface area contributed by atoms with Gasteiger partial charge in [0.25, 0.3) is 0 Å². The van der Waals surface area contributed by atoms with Crippen LogP contribution in [-0.4, -0.2) is 30.6 Å². The molecule has 2 saturated heterocycles. The third-order valence-electron chi connectivity index (χ3n) is 4.49. The number of hydrogen-bond donors (Lipinski definition) is 1. The van der Waals surface area contributed by atoms with Gasteiger partial charge in [0.05, 0.1) is 5.56 Å². The van der Waals surface area contributed by atoms with E-state index in [4.69, 9.17) is 0 Å². The number of nitrogens with zero attached hydrogens (tertiary/aromatic N) is 1. The van der Waals surface area contributed by atoms with E-state index in [9.17, 15) is 13.2 Å². The van der Waals surface area contributed by atoms with Crippen LogP contribution in [0.15, 0.2) is 24.3 Å². The molecule has 0 aliphatic carbocycles. The van der Waals surface area contributed by atoms with E-state index in [0.717, 1.165) is 26.1 Å². The molecular formula is C15H19F3N2. The number of rotatable bonds is 2. The van der Waals surface area contributed by atoms with Gasteiger partial charge in [-0.05, 0) is 43.5 Å². The van der Waals surface area contributed by atoms with Crippen LogP contribution in [0.3, 0.4) is 0 Å². The second kappa shape index (κ2) is 5.37. The average Bonchev–Trinajstić information content (AvgIpc) is 2.87. The zero-order chi connectivity index (χ0) is 14.2. The number of fused-ring (bicyclic) bond motifs is 1. The highest BCUT2D eigenvalue weighted by Gasteiger charge is 2.37. The Bertz CT molecular complexity index is 472. The molecule has 2 aliphatic rings. The maximum Gasteiger partial charge on any atom is 0.416 e. The summed E-state index contributed by atoms with van der Waals surface area (Å²) in [6, 6.07) is 6.34. The number of benzene rings is 1. The first-order valence-corrected chi connectivity index (χ1v) is 7.15. The summed E-state index contributed by atoms with van der Waals surface area (Å²) in [5.41, 5.74) is -0.0966. The lowest BCUT2D eigenvalue weighted by molar-refractivity contribution is -0.138. The lowest BCUT2D eigenvalue weighted by Gasteiger charge is -2.37. The molecule has 2 nitrogen and oxygen atoms in total. The molecule has 0 amide bonds. The molecule has 2 fully saturated rings.